The van der Waals surface area contributed by atoms with Crippen LogP contribution >= 0.6 is 0 Å². The smallest absolute Gasteiger partial charge is 0.323 e. The predicted octanol–water partition coefficient (Wildman–Crippen LogP) is 2.06. The molecule has 1 aromatic heterocycles. The number of hydrogen-bond acceptors (Lipinski definition) is 3. The summed E-state index contributed by atoms with van der Waals surface area (Å²) in [6.07, 6.45) is 0. The number of aromatic nitrogens is 1. The number of benzene rings is 1. The summed E-state index contributed by atoms with van der Waals surface area (Å²) < 4.78 is 0. The van der Waals surface area contributed by atoms with Gasteiger partial charge >= 0.3 is 5.97 Å². The molecule has 0 atom stereocenters. The summed E-state index contributed by atoms with van der Waals surface area (Å²) in [6.45, 7) is 1.95. The van der Waals surface area contributed by atoms with Crippen molar-refractivity contribution in [3.05, 3.63) is 35.9 Å². The highest BCUT2D eigenvalue weighted by atomic mass is 16.4. The third-order valence-electron chi connectivity index (χ3n) is 2.67. The van der Waals surface area contributed by atoms with Crippen LogP contribution in [0.15, 0.2) is 30.3 Å². The zero-order chi connectivity index (χ0) is 12.4. The van der Waals surface area contributed by atoms with Crippen LogP contribution in [0.5, 0.6) is 0 Å². The summed E-state index contributed by atoms with van der Waals surface area (Å²) in [5.41, 5.74) is 2.01. The fourth-order valence-corrected chi connectivity index (χ4v) is 1.78. The molecule has 0 aliphatic carbocycles. The van der Waals surface area contributed by atoms with Crippen molar-refractivity contribution in [2.45, 2.75) is 6.92 Å². The molecule has 0 spiro atoms. The Kier molecular flexibility index (Phi) is 2.95. The van der Waals surface area contributed by atoms with E-state index < -0.39 is 5.97 Å². The van der Waals surface area contributed by atoms with Crippen LogP contribution in [0.25, 0.3) is 10.9 Å². The van der Waals surface area contributed by atoms with Gasteiger partial charge in [-0.25, -0.2) is 4.98 Å². The number of carboxylic acids is 1. The van der Waals surface area contributed by atoms with E-state index in [0.717, 1.165) is 16.5 Å². The molecule has 0 fully saturated rings. The minimum absolute atomic E-state index is 0.0512. The van der Waals surface area contributed by atoms with E-state index >= 15 is 0 Å². The van der Waals surface area contributed by atoms with E-state index in [2.05, 4.69) is 4.98 Å². The van der Waals surface area contributed by atoms with Crippen molar-refractivity contribution in [3.63, 3.8) is 0 Å². The fourth-order valence-electron chi connectivity index (χ4n) is 1.78. The molecule has 2 aromatic rings. The lowest BCUT2D eigenvalue weighted by atomic mass is 10.1. The van der Waals surface area contributed by atoms with E-state index in [1.807, 2.05) is 37.3 Å². The Labute approximate surface area is 99.5 Å². The molecule has 0 aliphatic rings. The topological polar surface area (TPSA) is 53.4 Å². The molecular weight excluding hydrogens is 216 g/mol. The van der Waals surface area contributed by atoms with E-state index in [-0.39, 0.29) is 6.54 Å². The average molecular weight is 230 g/mol. The van der Waals surface area contributed by atoms with Crippen LogP contribution in [-0.2, 0) is 4.79 Å². The highest BCUT2D eigenvalue weighted by Gasteiger charge is 2.08. The van der Waals surface area contributed by atoms with Crippen molar-refractivity contribution in [3.8, 4) is 0 Å². The van der Waals surface area contributed by atoms with Gasteiger partial charge in [-0.15, -0.1) is 0 Å². The van der Waals surface area contributed by atoms with Crippen molar-refractivity contribution in [2.75, 3.05) is 18.5 Å². The first-order valence-electron chi connectivity index (χ1n) is 5.37. The monoisotopic (exact) mass is 230 g/mol. The summed E-state index contributed by atoms with van der Waals surface area (Å²) in [6, 6.07) is 9.78. The number of rotatable bonds is 3. The Morgan fingerprint density at radius 3 is 2.82 bits per heavy atom. The molecule has 2 rings (SSSR count). The molecule has 17 heavy (non-hydrogen) atoms. The highest BCUT2D eigenvalue weighted by Crippen LogP contribution is 2.19. The number of nitrogens with zero attached hydrogens (tertiary/aromatic N) is 2. The van der Waals surface area contributed by atoms with Crippen LogP contribution in [0.2, 0.25) is 0 Å². The average Bonchev–Trinajstić information content (AvgIpc) is 2.28. The van der Waals surface area contributed by atoms with Crippen LogP contribution < -0.4 is 4.90 Å². The van der Waals surface area contributed by atoms with Gasteiger partial charge in [-0.05, 0) is 24.6 Å². The van der Waals surface area contributed by atoms with E-state index in [1.165, 1.54) is 0 Å². The summed E-state index contributed by atoms with van der Waals surface area (Å²) in [7, 11) is 1.72. The Balaban J connectivity index is 2.43. The summed E-state index contributed by atoms with van der Waals surface area (Å²) in [5, 5.41) is 9.81. The largest absolute Gasteiger partial charge is 0.480 e. The van der Waals surface area contributed by atoms with E-state index in [9.17, 15) is 4.79 Å². The predicted molar refractivity (Wildman–Crippen MR) is 67.4 cm³/mol. The van der Waals surface area contributed by atoms with Crippen molar-refractivity contribution in [1.82, 2.24) is 4.98 Å². The molecule has 0 saturated heterocycles. The number of carbonyl (C=O) groups is 1. The van der Waals surface area contributed by atoms with Crippen molar-refractivity contribution < 1.29 is 9.90 Å². The van der Waals surface area contributed by atoms with Gasteiger partial charge in [0.1, 0.15) is 12.4 Å². The molecule has 0 aliphatic heterocycles. The van der Waals surface area contributed by atoms with Crippen molar-refractivity contribution >= 4 is 22.7 Å². The van der Waals surface area contributed by atoms with E-state index in [0.29, 0.717) is 5.82 Å². The fraction of sp³-hybridized carbons (Fsp3) is 0.231. The zero-order valence-corrected chi connectivity index (χ0v) is 9.84. The molecule has 0 radical (unpaired) electrons. The number of fused-ring (bicyclic) bond motifs is 1. The molecule has 0 bridgehead atoms. The number of para-hydroxylation sites is 1. The second-order valence-electron chi connectivity index (χ2n) is 4.07. The molecule has 0 saturated carbocycles. The van der Waals surface area contributed by atoms with Crippen LogP contribution in [0.3, 0.4) is 0 Å². The SMILES string of the molecule is Cc1cccc2ccc(N(C)CC(=O)O)nc12. The molecule has 0 amide bonds. The summed E-state index contributed by atoms with van der Waals surface area (Å²) >= 11 is 0. The van der Waals surface area contributed by atoms with Crippen LogP contribution in [0.1, 0.15) is 5.56 Å². The minimum Gasteiger partial charge on any atom is -0.480 e. The van der Waals surface area contributed by atoms with Gasteiger partial charge in [0, 0.05) is 12.4 Å². The van der Waals surface area contributed by atoms with Crippen LogP contribution in [-0.4, -0.2) is 29.7 Å². The Morgan fingerprint density at radius 1 is 1.35 bits per heavy atom. The minimum atomic E-state index is -0.862. The lowest BCUT2D eigenvalue weighted by molar-refractivity contribution is -0.135. The molecule has 1 N–H and O–H groups in total. The number of aliphatic carboxylic acids is 1. The molecule has 1 aromatic carbocycles. The summed E-state index contributed by atoms with van der Waals surface area (Å²) in [5.74, 6) is -0.187. The second kappa shape index (κ2) is 4.41. The Bertz CT molecular complexity index is 566. The molecule has 88 valence electrons. The van der Waals surface area contributed by atoms with Gasteiger partial charge in [-0.2, -0.15) is 0 Å². The van der Waals surface area contributed by atoms with Gasteiger partial charge in [0.2, 0.25) is 0 Å². The first kappa shape index (κ1) is 11.4. The lowest BCUT2D eigenvalue weighted by Crippen LogP contribution is -2.25. The Morgan fingerprint density at radius 2 is 2.12 bits per heavy atom. The normalized spacial score (nSPS) is 10.5. The third-order valence-corrected chi connectivity index (χ3v) is 2.67. The number of aryl methyl sites for hydroxylation is 1. The first-order valence-corrected chi connectivity index (χ1v) is 5.37. The quantitative estimate of drug-likeness (QED) is 0.877. The van der Waals surface area contributed by atoms with Gasteiger partial charge in [-0.1, -0.05) is 18.2 Å². The maximum Gasteiger partial charge on any atom is 0.323 e. The number of pyridine rings is 1. The molecule has 4 nitrogen and oxygen atoms in total. The van der Waals surface area contributed by atoms with Gasteiger partial charge in [0.05, 0.1) is 5.52 Å². The van der Waals surface area contributed by atoms with Crippen LogP contribution in [0.4, 0.5) is 5.82 Å². The Hall–Kier alpha value is -2.10. The first-order chi connectivity index (χ1) is 8.08. The molecular formula is C13H14N2O2. The van der Waals surface area contributed by atoms with E-state index in [4.69, 9.17) is 5.11 Å². The van der Waals surface area contributed by atoms with Gasteiger partial charge in [0.15, 0.2) is 0 Å². The van der Waals surface area contributed by atoms with Crippen molar-refractivity contribution in [1.29, 1.82) is 0 Å². The van der Waals surface area contributed by atoms with E-state index in [1.54, 1.807) is 11.9 Å². The number of likely N-dealkylation sites (N-methyl/N-ethyl adjacent to an activating group) is 1. The van der Waals surface area contributed by atoms with Crippen LogP contribution in [0, 0.1) is 6.92 Å². The van der Waals surface area contributed by atoms with Crippen molar-refractivity contribution in [2.24, 2.45) is 0 Å². The molecule has 4 heteroatoms. The number of carboxylic acid groups (broad SMARTS) is 1. The van der Waals surface area contributed by atoms with Gasteiger partial charge in [-0.3, -0.25) is 4.79 Å². The molecule has 0 unspecified atom stereocenters. The molecule has 1 heterocycles. The van der Waals surface area contributed by atoms with Gasteiger partial charge < -0.3 is 10.0 Å². The van der Waals surface area contributed by atoms with Gasteiger partial charge in [0.25, 0.3) is 0 Å². The maximum absolute atomic E-state index is 10.6. The maximum atomic E-state index is 10.6. The second-order valence-corrected chi connectivity index (χ2v) is 4.07. The third kappa shape index (κ3) is 2.36. The zero-order valence-electron chi connectivity index (χ0n) is 9.84. The lowest BCUT2D eigenvalue weighted by Gasteiger charge is -2.16. The number of anilines is 1. The highest BCUT2D eigenvalue weighted by molar-refractivity contribution is 5.83. The number of hydrogen-bond donors (Lipinski definition) is 1. The summed E-state index contributed by atoms with van der Waals surface area (Å²) in [4.78, 5) is 16.8. The standard InChI is InChI=1S/C13H14N2O2/c1-9-4-3-5-10-6-7-11(14-13(9)10)15(2)8-12(16)17/h3-7H,8H2,1-2H3,(H,16,17).